The SMILES string of the molecule is COc1ccc(CNCc2cccc(N)c2)cc1OC. The topological polar surface area (TPSA) is 56.5 Å². The molecule has 20 heavy (non-hydrogen) atoms. The summed E-state index contributed by atoms with van der Waals surface area (Å²) in [6, 6.07) is 13.8. The van der Waals surface area contributed by atoms with E-state index >= 15 is 0 Å². The molecule has 2 rings (SSSR count). The van der Waals surface area contributed by atoms with Crippen LogP contribution in [0.1, 0.15) is 11.1 Å². The van der Waals surface area contributed by atoms with Gasteiger partial charge in [-0.25, -0.2) is 0 Å². The van der Waals surface area contributed by atoms with Crippen LogP contribution in [0.15, 0.2) is 42.5 Å². The van der Waals surface area contributed by atoms with Gasteiger partial charge in [-0.3, -0.25) is 0 Å². The van der Waals surface area contributed by atoms with E-state index in [2.05, 4.69) is 11.4 Å². The van der Waals surface area contributed by atoms with Gasteiger partial charge in [0.05, 0.1) is 14.2 Å². The molecule has 2 aromatic carbocycles. The summed E-state index contributed by atoms with van der Waals surface area (Å²) in [6.07, 6.45) is 0. The van der Waals surface area contributed by atoms with Gasteiger partial charge < -0.3 is 20.5 Å². The molecule has 3 N–H and O–H groups in total. The molecule has 0 aromatic heterocycles. The molecule has 0 atom stereocenters. The fraction of sp³-hybridized carbons (Fsp3) is 0.250. The number of hydrogen-bond donors (Lipinski definition) is 2. The lowest BCUT2D eigenvalue weighted by Gasteiger charge is -2.10. The third-order valence-electron chi connectivity index (χ3n) is 3.06. The number of hydrogen-bond acceptors (Lipinski definition) is 4. The lowest BCUT2D eigenvalue weighted by atomic mass is 10.1. The molecule has 106 valence electrons. The highest BCUT2D eigenvalue weighted by Crippen LogP contribution is 2.27. The summed E-state index contributed by atoms with van der Waals surface area (Å²) in [4.78, 5) is 0. The predicted molar refractivity (Wildman–Crippen MR) is 80.9 cm³/mol. The van der Waals surface area contributed by atoms with Crippen molar-refractivity contribution in [1.82, 2.24) is 5.32 Å². The molecule has 0 saturated carbocycles. The quantitative estimate of drug-likeness (QED) is 0.794. The van der Waals surface area contributed by atoms with Gasteiger partial charge in [-0.1, -0.05) is 18.2 Å². The van der Waals surface area contributed by atoms with Crippen molar-refractivity contribution in [3.63, 3.8) is 0 Å². The summed E-state index contributed by atoms with van der Waals surface area (Å²) >= 11 is 0. The van der Waals surface area contributed by atoms with E-state index in [4.69, 9.17) is 15.2 Å². The van der Waals surface area contributed by atoms with E-state index in [9.17, 15) is 0 Å². The Balaban J connectivity index is 1.94. The number of methoxy groups -OCH3 is 2. The molecule has 0 spiro atoms. The van der Waals surface area contributed by atoms with Crippen LogP contribution in [0.5, 0.6) is 11.5 Å². The first kappa shape index (κ1) is 14.2. The monoisotopic (exact) mass is 272 g/mol. The third-order valence-corrected chi connectivity index (χ3v) is 3.06. The van der Waals surface area contributed by atoms with E-state index in [1.807, 2.05) is 36.4 Å². The van der Waals surface area contributed by atoms with Crippen molar-refractivity contribution in [2.24, 2.45) is 0 Å². The van der Waals surface area contributed by atoms with Gasteiger partial charge in [0.15, 0.2) is 11.5 Å². The highest BCUT2D eigenvalue weighted by Gasteiger charge is 2.04. The second-order valence-electron chi connectivity index (χ2n) is 4.54. The first-order valence-corrected chi connectivity index (χ1v) is 6.49. The van der Waals surface area contributed by atoms with E-state index in [1.54, 1.807) is 14.2 Å². The maximum absolute atomic E-state index is 5.75. The predicted octanol–water partition coefficient (Wildman–Crippen LogP) is 2.58. The fourth-order valence-corrected chi connectivity index (χ4v) is 2.04. The van der Waals surface area contributed by atoms with Crippen molar-refractivity contribution in [2.45, 2.75) is 13.1 Å². The molecule has 0 unspecified atom stereocenters. The minimum atomic E-state index is 0.743. The summed E-state index contributed by atoms with van der Waals surface area (Å²) in [6.45, 7) is 1.54. The van der Waals surface area contributed by atoms with Crippen molar-refractivity contribution < 1.29 is 9.47 Å². The number of ether oxygens (including phenoxy) is 2. The molecule has 0 heterocycles. The highest BCUT2D eigenvalue weighted by atomic mass is 16.5. The largest absolute Gasteiger partial charge is 0.493 e. The minimum Gasteiger partial charge on any atom is -0.493 e. The first-order valence-electron chi connectivity index (χ1n) is 6.49. The van der Waals surface area contributed by atoms with Gasteiger partial charge in [-0.15, -0.1) is 0 Å². The van der Waals surface area contributed by atoms with E-state index in [0.29, 0.717) is 0 Å². The van der Waals surface area contributed by atoms with Crippen molar-refractivity contribution in [3.05, 3.63) is 53.6 Å². The number of benzene rings is 2. The smallest absolute Gasteiger partial charge is 0.161 e. The second-order valence-corrected chi connectivity index (χ2v) is 4.54. The number of nitrogen functional groups attached to an aromatic ring is 1. The van der Waals surface area contributed by atoms with E-state index in [1.165, 1.54) is 5.56 Å². The van der Waals surface area contributed by atoms with Gasteiger partial charge in [-0.2, -0.15) is 0 Å². The lowest BCUT2D eigenvalue weighted by Crippen LogP contribution is -2.12. The summed E-state index contributed by atoms with van der Waals surface area (Å²) in [5.74, 6) is 1.49. The molecule has 0 aliphatic heterocycles. The normalized spacial score (nSPS) is 10.3. The van der Waals surface area contributed by atoms with Crippen LogP contribution in [-0.4, -0.2) is 14.2 Å². The second kappa shape index (κ2) is 6.82. The van der Waals surface area contributed by atoms with E-state index < -0.39 is 0 Å². The van der Waals surface area contributed by atoms with Crippen LogP contribution in [0.25, 0.3) is 0 Å². The average molecular weight is 272 g/mol. The molecule has 0 radical (unpaired) electrons. The van der Waals surface area contributed by atoms with Crippen LogP contribution >= 0.6 is 0 Å². The van der Waals surface area contributed by atoms with Crippen LogP contribution in [0.4, 0.5) is 5.69 Å². The van der Waals surface area contributed by atoms with Crippen molar-refractivity contribution in [2.75, 3.05) is 20.0 Å². The van der Waals surface area contributed by atoms with E-state index in [0.717, 1.165) is 35.8 Å². The number of nitrogens with two attached hydrogens (primary N) is 1. The Morgan fingerprint density at radius 2 is 1.60 bits per heavy atom. The number of nitrogens with one attached hydrogen (secondary N) is 1. The molecular formula is C16H20N2O2. The zero-order valence-corrected chi connectivity index (χ0v) is 11.8. The molecular weight excluding hydrogens is 252 g/mol. The zero-order valence-electron chi connectivity index (χ0n) is 11.8. The van der Waals surface area contributed by atoms with Gasteiger partial charge in [0, 0.05) is 18.8 Å². The maximum Gasteiger partial charge on any atom is 0.161 e. The van der Waals surface area contributed by atoms with Gasteiger partial charge in [0.2, 0.25) is 0 Å². The Bertz CT molecular complexity index is 570. The zero-order chi connectivity index (χ0) is 14.4. The lowest BCUT2D eigenvalue weighted by molar-refractivity contribution is 0.354. The minimum absolute atomic E-state index is 0.743. The van der Waals surface area contributed by atoms with Gasteiger partial charge in [-0.05, 0) is 35.4 Å². The molecule has 0 amide bonds. The Labute approximate surface area is 119 Å². The molecule has 0 saturated heterocycles. The standard InChI is InChI=1S/C16H20N2O2/c1-19-15-7-6-13(9-16(15)20-2)11-18-10-12-4-3-5-14(17)8-12/h3-9,18H,10-11,17H2,1-2H3. The fourth-order valence-electron chi connectivity index (χ4n) is 2.04. The Hall–Kier alpha value is -2.20. The molecule has 0 fully saturated rings. The number of rotatable bonds is 6. The molecule has 0 aliphatic carbocycles. The van der Waals surface area contributed by atoms with Crippen LogP contribution in [0.3, 0.4) is 0 Å². The molecule has 2 aromatic rings. The maximum atomic E-state index is 5.75. The molecule has 0 aliphatic rings. The van der Waals surface area contributed by atoms with E-state index in [-0.39, 0.29) is 0 Å². The molecule has 4 nitrogen and oxygen atoms in total. The average Bonchev–Trinajstić information content (AvgIpc) is 2.47. The van der Waals surface area contributed by atoms with Crippen molar-refractivity contribution >= 4 is 5.69 Å². The van der Waals surface area contributed by atoms with Gasteiger partial charge >= 0.3 is 0 Å². The Morgan fingerprint density at radius 1 is 0.900 bits per heavy atom. The third kappa shape index (κ3) is 3.65. The molecule has 0 bridgehead atoms. The Morgan fingerprint density at radius 3 is 2.25 bits per heavy atom. The van der Waals surface area contributed by atoms with Crippen LogP contribution in [-0.2, 0) is 13.1 Å². The first-order chi connectivity index (χ1) is 9.72. The number of anilines is 1. The summed E-state index contributed by atoms with van der Waals surface area (Å²) in [5, 5.41) is 3.38. The van der Waals surface area contributed by atoms with Gasteiger partial charge in [0.25, 0.3) is 0 Å². The summed E-state index contributed by atoms with van der Waals surface area (Å²) in [7, 11) is 3.28. The summed E-state index contributed by atoms with van der Waals surface area (Å²) in [5.41, 5.74) is 8.86. The Kier molecular flexibility index (Phi) is 4.85. The van der Waals surface area contributed by atoms with Crippen molar-refractivity contribution in [3.8, 4) is 11.5 Å². The van der Waals surface area contributed by atoms with Crippen LogP contribution < -0.4 is 20.5 Å². The van der Waals surface area contributed by atoms with Crippen LogP contribution in [0, 0.1) is 0 Å². The highest BCUT2D eigenvalue weighted by molar-refractivity contribution is 5.43. The summed E-state index contributed by atoms with van der Waals surface area (Å²) < 4.78 is 10.5. The van der Waals surface area contributed by atoms with Crippen LogP contribution in [0.2, 0.25) is 0 Å². The van der Waals surface area contributed by atoms with Crippen molar-refractivity contribution in [1.29, 1.82) is 0 Å². The molecule has 4 heteroatoms. The van der Waals surface area contributed by atoms with Gasteiger partial charge in [0.1, 0.15) is 0 Å².